The van der Waals surface area contributed by atoms with Gasteiger partial charge in [0.15, 0.2) is 5.96 Å². The van der Waals surface area contributed by atoms with Crippen LogP contribution >= 0.6 is 0 Å². The summed E-state index contributed by atoms with van der Waals surface area (Å²) in [5.74, 6) is 1.74. The maximum absolute atomic E-state index is 11.7. The van der Waals surface area contributed by atoms with Crippen LogP contribution in [0.5, 0.6) is 0 Å². The highest BCUT2D eigenvalue weighted by atomic mass is 16.5. The number of rotatable bonds is 12. The Balaban J connectivity index is 2.19. The molecule has 1 heterocycles. The van der Waals surface area contributed by atoms with Crippen molar-refractivity contribution in [2.75, 3.05) is 53.2 Å². The summed E-state index contributed by atoms with van der Waals surface area (Å²) in [4.78, 5) is 15.9. The van der Waals surface area contributed by atoms with Gasteiger partial charge in [-0.15, -0.1) is 0 Å². The fourth-order valence-corrected chi connectivity index (χ4v) is 2.89. The first-order valence-corrected chi connectivity index (χ1v) is 10.1. The lowest BCUT2D eigenvalue weighted by molar-refractivity contribution is 0.0888. The Hall–Kier alpha value is -1.54. The molecule has 0 aliphatic carbocycles. The molecule has 1 aliphatic heterocycles. The Bertz CT molecular complexity index is 426. The third-order valence-corrected chi connectivity index (χ3v) is 4.23. The van der Waals surface area contributed by atoms with Gasteiger partial charge in [-0.2, -0.15) is 0 Å². The van der Waals surface area contributed by atoms with Crippen LogP contribution in [0.1, 0.15) is 40.0 Å². The van der Waals surface area contributed by atoms with Crippen molar-refractivity contribution in [1.82, 2.24) is 16.0 Å². The van der Waals surface area contributed by atoms with Gasteiger partial charge in [-0.3, -0.25) is 4.99 Å². The number of ether oxygens (including phenoxy) is 3. The van der Waals surface area contributed by atoms with Crippen molar-refractivity contribution in [3.8, 4) is 0 Å². The molecule has 1 saturated heterocycles. The molecule has 8 heteroatoms. The molecule has 0 aromatic carbocycles. The van der Waals surface area contributed by atoms with E-state index in [2.05, 4.69) is 34.8 Å². The number of hydrogen-bond acceptors (Lipinski definition) is 5. The summed E-state index contributed by atoms with van der Waals surface area (Å²) >= 11 is 0. The molecule has 2 atom stereocenters. The molecule has 0 aromatic heterocycles. The molecule has 0 spiro atoms. The van der Waals surface area contributed by atoms with Gasteiger partial charge in [-0.1, -0.05) is 13.8 Å². The quantitative estimate of drug-likeness (QED) is 0.269. The van der Waals surface area contributed by atoms with Crippen molar-refractivity contribution >= 4 is 12.1 Å². The second-order valence-electron chi connectivity index (χ2n) is 7.23. The van der Waals surface area contributed by atoms with E-state index in [-0.39, 0.29) is 12.1 Å². The number of aliphatic imine (C=N–C) groups is 1. The van der Waals surface area contributed by atoms with Crippen molar-refractivity contribution in [2.45, 2.75) is 46.1 Å². The molecular formula is C19H38N4O4. The van der Waals surface area contributed by atoms with Crippen LogP contribution in [0.25, 0.3) is 0 Å². The summed E-state index contributed by atoms with van der Waals surface area (Å²) in [6.45, 7) is 11.0. The van der Waals surface area contributed by atoms with Gasteiger partial charge >= 0.3 is 6.09 Å². The Kier molecular flexibility index (Phi) is 12.6. The number of carbonyl (C=O) groups is 1. The van der Waals surface area contributed by atoms with E-state index in [0.717, 1.165) is 58.2 Å². The Morgan fingerprint density at radius 1 is 1.33 bits per heavy atom. The Morgan fingerprint density at radius 3 is 2.78 bits per heavy atom. The van der Waals surface area contributed by atoms with Gasteiger partial charge in [0, 0.05) is 45.3 Å². The number of guanidine groups is 1. The number of amides is 1. The molecule has 0 saturated carbocycles. The summed E-state index contributed by atoms with van der Waals surface area (Å²) in [5.41, 5.74) is 0. The minimum absolute atomic E-state index is 0.0143. The van der Waals surface area contributed by atoms with Crippen LogP contribution in [0, 0.1) is 11.8 Å². The summed E-state index contributed by atoms with van der Waals surface area (Å²) in [7, 11) is 1.74. The lowest BCUT2D eigenvalue weighted by atomic mass is 10.0. The molecule has 0 aromatic rings. The minimum Gasteiger partial charge on any atom is -0.450 e. The molecule has 3 N–H and O–H groups in total. The number of carbonyl (C=O) groups excluding carboxylic acids is 1. The van der Waals surface area contributed by atoms with Crippen LogP contribution in [0.4, 0.5) is 4.79 Å². The van der Waals surface area contributed by atoms with Crippen LogP contribution in [0.3, 0.4) is 0 Å². The Morgan fingerprint density at radius 2 is 2.15 bits per heavy atom. The predicted octanol–water partition coefficient (Wildman–Crippen LogP) is 1.76. The Labute approximate surface area is 163 Å². The highest BCUT2D eigenvalue weighted by Gasteiger charge is 2.16. The maximum atomic E-state index is 11.7. The molecule has 0 bridgehead atoms. The van der Waals surface area contributed by atoms with E-state index in [4.69, 9.17) is 14.2 Å². The average Bonchev–Trinajstić information content (AvgIpc) is 3.13. The van der Waals surface area contributed by atoms with Gasteiger partial charge in [0.25, 0.3) is 0 Å². The number of nitrogens with one attached hydrogen (secondary N) is 3. The maximum Gasteiger partial charge on any atom is 0.407 e. The molecule has 0 radical (unpaired) electrons. The predicted molar refractivity (Wildman–Crippen MR) is 107 cm³/mol. The van der Waals surface area contributed by atoms with Gasteiger partial charge in [0.2, 0.25) is 0 Å². The van der Waals surface area contributed by atoms with Crippen LogP contribution in [0.15, 0.2) is 4.99 Å². The van der Waals surface area contributed by atoms with Gasteiger partial charge in [0.05, 0.1) is 19.8 Å². The molecule has 2 unspecified atom stereocenters. The minimum atomic E-state index is -0.377. The standard InChI is InChI=1S/C19H38N4O4/c1-5-27-19(24)23-17(11-15(2)3)12-22-18(20-4)21-8-6-9-25-13-16-7-10-26-14-16/h15-17H,5-14H2,1-4H3,(H,23,24)(H2,20,21,22). The van der Waals surface area contributed by atoms with E-state index in [9.17, 15) is 4.79 Å². The smallest absolute Gasteiger partial charge is 0.407 e. The molecule has 1 aliphatic rings. The fraction of sp³-hybridized carbons (Fsp3) is 0.895. The van der Waals surface area contributed by atoms with Gasteiger partial charge in [0.1, 0.15) is 0 Å². The zero-order valence-corrected chi connectivity index (χ0v) is 17.4. The molecule has 1 fully saturated rings. The first-order valence-electron chi connectivity index (χ1n) is 10.1. The van der Waals surface area contributed by atoms with Crippen LogP contribution in [0.2, 0.25) is 0 Å². The van der Waals surface area contributed by atoms with E-state index < -0.39 is 0 Å². The van der Waals surface area contributed by atoms with Gasteiger partial charge in [-0.05, 0) is 32.1 Å². The van der Waals surface area contributed by atoms with E-state index in [1.807, 2.05) is 0 Å². The SMILES string of the molecule is CCOC(=O)NC(CNC(=NC)NCCCOCC1CCOC1)CC(C)C. The lowest BCUT2D eigenvalue weighted by Crippen LogP contribution is -2.47. The average molecular weight is 387 g/mol. The summed E-state index contributed by atoms with van der Waals surface area (Å²) in [6, 6.07) is -0.0143. The van der Waals surface area contributed by atoms with Crippen molar-refractivity contribution in [3.05, 3.63) is 0 Å². The lowest BCUT2D eigenvalue weighted by Gasteiger charge is -2.22. The molecular weight excluding hydrogens is 348 g/mol. The second-order valence-corrected chi connectivity index (χ2v) is 7.23. The molecule has 158 valence electrons. The largest absolute Gasteiger partial charge is 0.450 e. The molecule has 1 amide bonds. The van der Waals surface area contributed by atoms with Crippen molar-refractivity contribution in [2.24, 2.45) is 16.8 Å². The van der Waals surface area contributed by atoms with Gasteiger partial charge < -0.3 is 30.2 Å². The van der Waals surface area contributed by atoms with E-state index in [1.165, 1.54) is 0 Å². The number of alkyl carbamates (subject to hydrolysis) is 1. The van der Waals surface area contributed by atoms with E-state index in [1.54, 1.807) is 14.0 Å². The van der Waals surface area contributed by atoms with Crippen LogP contribution in [-0.2, 0) is 14.2 Å². The first kappa shape index (κ1) is 23.5. The summed E-state index contributed by atoms with van der Waals surface area (Å²) in [5, 5.41) is 9.45. The summed E-state index contributed by atoms with van der Waals surface area (Å²) in [6.07, 6.45) is 2.50. The highest BCUT2D eigenvalue weighted by molar-refractivity contribution is 5.79. The highest BCUT2D eigenvalue weighted by Crippen LogP contribution is 2.12. The molecule has 8 nitrogen and oxygen atoms in total. The third kappa shape index (κ3) is 11.7. The number of hydrogen-bond donors (Lipinski definition) is 3. The van der Waals surface area contributed by atoms with Gasteiger partial charge in [-0.25, -0.2) is 4.79 Å². The topological polar surface area (TPSA) is 93.2 Å². The van der Waals surface area contributed by atoms with E-state index >= 15 is 0 Å². The second kappa shape index (κ2) is 14.5. The fourth-order valence-electron chi connectivity index (χ4n) is 2.89. The van der Waals surface area contributed by atoms with Crippen molar-refractivity contribution in [3.63, 3.8) is 0 Å². The monoisotopic (exact) mass is 386 g/mol. The zero-order chi connectivity index (χ0) is 19.9. The molecule has 1 rings (SSSR count). The summed E-state index contributed by atoms with van der Waals surface area (Å²) < 4.78 is 16.0. The van der Waals surface area contributed by atoms with E-state index in [0.29, 0.717) is 25.0 Å². The van der Waals surface area contributed by atoms with Crippen LogP contribution in [-0.4, -0.2) is 71.3 Å². The normalized spacial score (nSPS) is 18.4. The molecule has 27 heavy (non-hydrogen) atoms. The zero-order valence-electron chi connectivity index (χ0n) is 17.4. The first-order chi connectivity index (χ1) is 13.0. The number of nitrogens with zero attached hydrogens (tertiary/aromatic N) is 1. The van der Waals surface area contributed by atoms with Crippen LogP contribution < -0.4 is 16.0 Å². The van der Waals surface area contributed by atoms with Crippen molar-refractivity contribution < 1.29 is 19.0 Å². The third-order valence-electron chi connectivity index (χ3n) is 4.23. The van der Waals surface area contributed by atoms with Crippen molar-refractivity contribution in [1.29, 1.82) is 0 Å².